The van der Waals surface area contributed by atoms with Gasteiger partial charge in [0.2, 0.25) is 0 Å². The second kappa shape index (κ2) is 19.9. The first kappa shape index (κ1) is 45.8. The van der Waals surface area contributed by atoms with Crippen LogP contribution in [0, 0.1) is 11.8 Å². The van der Waals surface area contributed by atoms with E-state index in [1.807, 2.05) is 22.7 Å². The number of unbranched alkanes of at least 4 members (excludes halogenated alkanes) is 2. The van der Waals surface area contributed by atoms with Gasteiger partial charge in [-0.1, -0.05) is 111 Å². The van der Waals surface area contributed by atoms with Crippen LogP contribution in [0.25, 0.3) is 73.6 Å². The second-order valence-corrected chi connectivity index (χ2v) is 23.4. The molecule has 1 aliphatic rings. The van der Waals surface area contributed by atoms with E-state index in [0.717, 1.165) is 41.5 Å². The van der Waals surface area contributed by atoms with Gasteiger partial charge < -0.3 is 4.90 Å². The van der Waals surface area contributed by atoms with Crippen LogP contribution in [0.3, 0.4) is 0 Å². The number of nitrogens with zero attached hydrogens (tertiary/aromatic N) is 5. The molecule has 11 heteroatoms. The number of benzene rings is 2. The van der Waals surface area contributed by atoms with E-state index in [-0.39, 0.29) is 5.41 Å². The topological polar surface area (TPSA) is 54.8 Å². The van der Waals surface area contributed by atoms with E-state index in [9.17, 15) is 0 Å². The summed E-state index contributed by atoms with van der Waals surface area (Å²) in [6.45, 7) is 17.5. The van der Waals surface area contributed by atoms with E-state index < -0.39 is 0 Å². The van der Waals surface area contributed by atoms with Crippen LogP contribution in [0.5, 0.6) is 0 Å². The van der Waals surface area contributed by atoms with Gasteiger partial charge in [0.25, 0.3) is 0 Å². The highest BCUT2D eigenvalue weighted by molar-refractivity contribution is 7.26. The smallest absolute Gasteiger partial charge is 0.116 e. The van der Waals surface area contributed by atoms with Crippen molar-refractivity contribution in [2.75, 3.05) is 18.5 Å². The van der Waals surface area contributed by atoms with E-state index in [1.54, 1.807) is 33.8 Å². The molecule has 336 valence electrons. The fraction of sp³-hybridized carbons (Fsp3) is 0.472. The van der Waals surface area contributed by atoms with Gasteiger partial charge in [0.15, 0.2) is 0 Å². The van der Waals surface area contributed by atoms with Gasteiger partial charge in [0.1, 0.15) is 22.1 Å². The van der Waals surface area contributed by atoms with Crippen LogP contribution in [-0.2, 0) is 5.41 Å². The maximum atomic E-state index is 5.18. The van der Waals surface area contributed by atoms with Crippen LogP contribution >= 0.6 is 68.8 Å². The zero-order chi connectivity index (χ0) is 44.5. The third-order valence-electron chi connectivity index (χ3n) is 14.4. The molecule has 6 heterocycles. The quantitative estimate of drug-likeness (QED) is 0.0718. The molecule has 0 fully saturated rings. The van der Waals surface area contributed by atoms with Crippen molar-refractivity contribution in [2.45, 2.75) is 137 Å². The highest BCUT2D eigenvalue weighted by atomic mass is 32.1. The Bertz CT molecular complexity index is 2790. The molecule has 3 unspecified atom stereocenters. The number of rotatable bonds is 21. The molecule has 0 radical (unpaired) electrons. The lowest BCUT2D eigenvalue weighted by atomic mass is 9.65. The minimum absolute atomic E-state index is 0.0876. The van der Waals surface area contributed by atoms with Crippen LogP contribution in [0.2, 0.25) is 0 Å². The van der Waals surface area contributed by atoms with Gasteiger partial charge >= 0.3 is 0 Å². The molecule has 0 aliphatic heterocycles. The lowest BCUT2D eigenvalue weighted by Crippen LogP contribution is -2.31. The predicted octanol–water partition coefficient (Wildman–Crippen LogP) is 18.4. The van der Waals surface area contributed by atoms with Crippen molar-refractivity contribution in [1.29, 1.82) is 0 Å². The minimum Gasteiger partial charge on any atom is -0.374 e. The standard InChI is InChI=1S/C53H63N5S6/c1-9-15-20-33(12-4)30-53(31-34(13-5)21-16-10-2)38-28-43(45-35(32(7)19-11-3)26-36(41-22-17-24-59-41)47-49(45)56-63-54-47)61-51(38)52-39(53)29-44(62-52)46-40(58(8)14-6)27-37(42-23-18-25-60-42)48-50(46)57-64-55-48/h17-18,22-29,32-34H,9-16,19-21,30-31H2,1-8H3. The number of fused-ring (bicyclic) bond motifs is 5. The summed E-state index contributed by atoms with van der Waals surface area (Å²) < 4.78 is 20.4. The average Bonchev–Trinajstić information content (AvgIpc) is 4.17. The Hall–Kier alpha value is -3.32. The normalized spacial score (nSPS) is 16.2. The maximum Gasteiger partial charge on any atom is 0.116 e. The minimum atomic E-state index is -0.0876. The van der Waals surface area contributed by atoms with E-state index >= 15 is 0 Å². The van der Waals surface area contributed by atoms with Gasteiger partial charge in [-0.3, -0.25) is 0 Å². The Morgan fingerprint density at radius 3 is 1.59 bits per heavy atom. The summed E-state index contributed by atoms with van der Waals surface area (Å²) in [5, 5.41) is 4.36. The molecule has 0 bridgehead atoms. The van der Waals surface area contributed by atoms with Crippen LogP contribution in [0.15, 0.2) is 59.3 Å². The third-order valence-corrected chi connectivity index (χ3v) is 19.7. The lowest BCUT2D eigenvalue weighted by Gasteiger charge is -2.38. The molecule has 0 saturated carbocycles. The third kappa shape index (κ3) is 8.27. The van der Waals surface area contributed by atoms with Gasteiger partial charge in [-0.05, 0) is 108 Å². The molecule has 6 aromatic heterocycles. The van der Waals surface area contributed by atoms with Crippen molar-refractivity contribution in [1.82, 2.24) is 17.5 Å². The molecule has 5 nitrogen and oxygen atoms in total. The predicted molar refractivity (Wildman–Crippen MR) is 286 cm³/mol. The van der Waals surface area contributed by atoms with E-state index in [0.29, 0.717) is 17.8 Å². The number of aromatic nitrogens is 4. The summed E-state index contributed by atoms with van der Waals surface area (Å²) in [5.74, 6) is 1.69. The zero-order valence-electron chi connectivity index (χ0n) is 38.9. The fourth-order valence-corrected chi connectivity index (χ4v) is 16.1. The Labute approximate surface area is 405 Å². The number of hydrogen-bond donors (Lipinski definition) is 0. The summed E-state index contributed by atoms with van der Waals surface area (Å²) in [5.41, 5.74) is 14.9. The summed E-state index contributed by atoms with van der Waals surface area (Å²) in [6.07, 6.45) is 14.7. The molecule has 2 aromatic carbocycles. The number of anilines is 1. The molecule has 9 rings (SSSR count). The molecular weight excluding hydrogens is 899 g/mol. The number of hydrogen-bond acceptors (Lipinski definition) is 11. The fourth-order valence-electron chi connectivity index (χ4n) is 10.7. The van der Waals surface area contributed by atoms with Crippen molar-refractivity contribution in [2.24, 2.45) is 11.8 Å². The molecule has 0 N–H and O–H groups in total. The van der Waals surface area contributed by atoms with E-state index in [1.165, 1.54) is 150 Å². The molecule has 1 aliphatic carbocycles. The molecule has 0 amide bonds. The molecular formula is C53H63N5S6. The van der Waals surface area contributed by atoms with Crippen LogP contribution in [0.1, 0.15) is 148 Å². The van der Waals surface area contributed by atoms with Gasteiger partial charge in [0, 0.05) is 76.2 Å². The lowest BCUT2D eigenvalue weighted by molar-refractivity contribution is 0.266. The molecule has 64 heavy (non-hydrogen) atoms. The highest BCUT2D eigenvalue weighted by Gasteiger charge is 2.48. The van der Waals surface area contributed by atoms with E-state index in [4.69, 9.17) is 17.5 Å². The summed E-state index contributed by atoms with van der Waals surface area (Å²) >= 11 is 10.4. The van der Waals surface area contributed by atoms with Gasteiger partial charge in [-0.15, -0.1) is 45.3 Å². The van der Waals surface area contributed by atoms with Crippen molar-refractivity contribution in [3.63, 3.8) is 0 Å². The largest absolute Gasteiger partial charge is 0.374 e. The van der Waals surface area contributed by atoms with Crippen LogP contribution < -0.4 is 4.90 Å². The SMILES string of the molecule is CCCCC(CC)CC1(CC(CC)CCCC)c2cc(-c3c(C(C)CCC)cc(-c4cccs4)c4nsnc34)sc2-c2sc(-c3c(N(C)CC)cc(-c4cccs4)c4nsnc34)cc21. The number of thiophene rings is 4. The molecule has 0 saturated heterocycles. The Kier molecular flexibility index (Phi) is 14.2. The van der Waals surface area contributed by atoms with Gasteiger partial charge in [-0.2, -0.15) is 17.5 Å². The van der Waals surface area contributed by atoms with Crippen LogP contribution in [0.4, 0.5) is 5.69 Å². The monoisotopic (exact) mass is 961 g/mol. The average molecular weight is 963 g/mol. The van der Waals surface area contributed by atoms with Crippen molar-refractivity contribution in [3.05, 3.63) is 76.0 Å². The van der Waals surface area contributed by atoms with E-state index in [2.05, 4.69) is 120 Å². The maximum absolute atomic E-state index is 5.18. The van der Waals surface area contributed by atoms with Gasteiger partial charge in [0.05, 0.1) is 23.5 Å². The second-order valence-electron chi connectivity index (χ2n) is 18.3. The molecule has 0 spiro atoms. The summed E-state index contributed by atoms with van der Waals surface area (Å²) in [7, 11) is 2.24. The molecule has 8 aromatic rings. The Morgan fingerprint density at radius 2 is 1.11 bits per heavy atom. The Balaban J connectivity index is 1.32. The van der Waals surface area contributed by atoms with Crippen molar-refractivity contribution < 1.29 is 0 Å². The van der Waals surface area contributed by atoms with Crippen molar-refractivity contribution >= 4 is 96.6 Å². The first-order chi connectivity index (χ1) is 31.3. The van der Waals surface area contributed by atoms with Gasteiger partial charge in [-0.25, -0.2) is 0 Å². The highest BCUT2D eigenvalue weighted by Crippen LogP contribution is 2.64. The van der Waals surface area contributed by atoms with Crippen molar-refractivity contribution in [3.8, 4) is 51.5 Å². The zero-order valence-corrected chi connectivity index (χ0v) is 43.8. The summed E-state index contributed by atoms with van der Waals surface area (Å²) in [6, 6.07) is 19.0. The summed E-state index contributed by atoms with van der Waals surface area (Å²) in [4.78, 5) is 10.6. The van der Waals surface area contributed by atoms with Crippen LogP contribution in [-0.4, -0.2) is 31.1 Å². The first-order valence-corrected chi connectivity index (χ1v) is 28.8. The Morgan fingerprint density at radius 1 is 0.594 bits per heavy atom. The first-order valence-electron chi connectivity index (χ1n) is 24.0. The molecule has 3 atom stereocenters.